The topological polar surface area (TPSA) is 84.0 Å². The second-order valence-electron chi connectivity index (χ2n) is 5.68. The fourth-order valence-electron chi connectivity index (χ4n) is 2.55. The third-order valence-electron chi connectivity index (χ3n) is 3.62. The molecule has 0 amide bonds. The van der Waals surface area contributed by atoms with Crippen molar-refractivity contribution in [3.05, 3.63) is 41.7 Å². The lowest BCUT2D eigenvalue weighted by molar-refractivity contribution is 0.586. The van der Waals surface area contributed by atoms with Gasteiger partial charge in [-0.25, -0.2) is 27.2 Å². The third kappa shape index (κ3) is 3.97. The first-order valence-corrected chi connectivity index (χ1v) is 9.17. The van der Waals surface area contributed by atoms with Gasteiger partial charge in [-0.05, 0) is 25.5 Å². The Bertz CT molecular complexity index is 874. The van der Waals surface area contributed by atoms with Crippen LogP contribution in [0.25, 0.3) is 0 Å². The maximum absolute atomic E-state index is 13.7. The van der Waals surface area contributed by atoms with E-state index in [0.717, 1.165) is 12.1 Å². The normalized spacial score (nSPS) is 19.2. The van der Waals surface area contributed by atoms with Crippen molar-refractivity contribution in [3.8, 4) is 0 Å². The van der Waals surface area contributed by atoms with E-state index < -0.39 is 21.5 Å². The van der Waals surface area contributed by atoms with E-state index >= 15 is 0 Å². The first-order valence-electron chi connectivity index (χ1n) is 7.35. The number of aromatic nitrogens is 2. The molecule has 1 aliphatic rings. The molecule has 1 saturated heterocycles. The molecule has 2 N–H and O–H groups in total. The van der Waals surface area contributed by atoms with Crippen LogP contribution in [0.15, 0.2) is 24.3 Å². The standard InChI is InChI=1S/C15H16F2N4O2S/c1-9-18-14(20-11-4-5-24(22,23)8-11)7-15(19-9)21-13-3-2-10(16)6-12(13)17/h2-3,6-7,11H,4-5,8H2,1H3,(H2,18,19,20,21). The Balaban J connectivity index is 1.79. The molecule has 6 nitrogen and oxygen atoms in total. The molecule has 1 unspecified atom stereocenters. The molecule has 1 aliphatic heterocycles. The van der Waals surface area contributed by atoms with Crippen molar-refractivity contribution in [2.45, 2.75) is 19.4 Å². The molecular weight excluding hydrogens is 338 g/mol. The van der Waals surface area contributed by atoms with Crippen LogP contribution in [0, 0.1) is 18.6 Å². The van der Waals surface area contributed by atoms with Gasteiger partial charge in [0.15, 0.2) is 9.84 Å². The molecule has 2 heterocycles. The number of anilines is 3. The largest absolute Gasteiger partial charge is 0.366 e. The molecule has 9 heteroatoms. The summed E-state index contributed by atoms with van der Waals surface area (Å²) < 4.78 is 49.7. The van der Waals surface area contributed by atoms with Crippen LogP contribution in [0.1, 0.15) is 12.2 Å². The average Bonchev–Trinajstić information content (AvgIpc) is 2.80. The molecule has 0 bridgehead atoms. The summed E-state index contributed by atoms with van der Waals surface area (Å²) in [6.07, 6.45) is 0.515. The summed E-state index contributed by atoms with van der Waals surface area (Å²) in [5.74, 6) is 0.0349. The van der Waals surface area contributed by atoms with E-state index in [1.807, 2.05) is 0 Å². The molecule has 1 aromatic carbocycles. The highest BCUT2D eigenvalue weighted by molar-refractivity contribution is 7.91. The van der Waals surface area contributed by atoms with Gasteiger partial charge in [-0.1, -0.05) is 0 Å². The zero-order valence-corrected chi connectivity index (χ0v) is 13.7. The van der Waals surface area contributed by atoms with Crippen molar-refractivity contribution >= 4 is 27.2 Å². The monoisotopic (exact) mass is 354 g/mol. The number of rotatable bonds is 4. The van der Waals surface area contributed by atoms with Crippen LogP contribution in [0.2, 0.25) is 0 Å². The summed E-state index contributed by atoms with van der Waals surface area (Å²) in [4.78, 5) is 8.37. The van der Waals surface area contributed by atoms with Crippen LogP contribution >= 0.6 is 0 Å². The fourth-order valence-corrected chi connectivity index (χ4v) is 4.23. The minimum Gasteiger partial charge on any atom is -0.366 e. The molecule has 1 atom stereocenters. The summed E-state index contributed by atoms with van der Waals surface area (Å²) in [5.41, 5.74) is 0.0869. The highest BCUT2D eigenvalue weighted by Gasteiger charge is 2.28. The van der Waals surface area contributed by atoms with Gasteiger partial charge >= 0.3 is 0 Å². The van der Waals surface area contributed by atoms with Gasteiger partial charge < -0.3 is 10.6 Å². The van der Waals surface area contributed by atoms with Crippen molar-refractivity contribution in [3.63, 3.8) is 0 Å². The quantitative estimate of drug-likeness (QED) is 0.877. The summed E-state index contributed by atoms with van der Waals surface area (Å²) in [6, 6.07) is 4.54. The Labute approximate surface area is 138 Å². The lowest BCUT2D eigenvalue weighted by Crippen LogP contribution is -2.21. The second kappa shape index (κ2) is 6.31. The molecule has 1 fully saturated rings. The van der Waals surface area contributed by atoms with Crippen LogP contribution in [0.5, 0.6) is 0 Å². The second-order valence-corrected chi connectivity index (χ2v) is 7.91. The first kappa shape index (κ1) is 16.6. The number of halogens is 2. The maximum atomic E-state index is 13.7. The van der Waals surface area contributed by atoms with E-state index in [4.69, 9.17) is 0 Å². The number of aryl methyl sites for hydroxylation is 1. The molecule has 0 radical (unpaired) electrons. The Hall–Kier alpha value is -2.29. The number of nitrogens with zero attached hydrogens (tertiary/aromatic N) is 2. The summed E-state index contributed by atoms with van der Waals surface area (Å²) >= 11 is 0. The minimum absolute atomic E-state index is 0.0609. The molecule has 3 rings (SSSR count). The van der Waals surface area contributed by atoms with Gasteiger partial charge in [-0.2, -0.15) is 0 Å². The van der Waals surface area contributed by atoms with Crippen molar-refractivity contribution in [2.75, 3.05) is 22.1 Å². The maximum Gasteiger partial charge on any atom is 0.152 e. The molecule has 0 saturated carbocycles. The number of nitrogens with one attached hydrogen (secondary N) is 2. The molecular formula is C15H16F2N4O2S. The molecule has 2 aromatic rings. The van der Waals surface area contributed by atoms with Gasteiger partial charge in [-0.3, -0.25) is 0 Å². The third-order valence-corrected chi connectivity index (χ3v) is 5.38. The van der Waals surface area contributed by atoms with Crippen LogP contribution < -0.4 is 10.6 Å². The van der Waals surface area contributed by atoms with Crippen molar-refractivity contribution in [1.29, 1.82) is 0 Å². The van der Waals surface area contributed by atoms with Gasteiger partial charge in [0.05, 0.1) is 17.2 Å². The highest BCUT2D eigenvalue weighted by Crippen LogP contribution is 2.22. The van der Waals surface area contributed by atoms with Crippen LogP contribution in [0.4, 0.5) is 26.1 Å². The van der Waals surface area contributed by atoms with E-state index in [9.17, 15) is 17.2 Å². The molecule has 0 aliphatic carbocycles. The zero-order valence-electron chi connectivity index (χ0n) is 12.9. The van der Waals surface area contributed by atoms with Crippen molar-refractivity contribution < 1.29 is 17.2 Å². The number of sulfone groups is 1. The predicted molar refractivity (Wildman–Crippen MR) is 87.1 cm³/mol. The van der Waals surface area contributed by atoms with Crippen LogP contribution in [0.3, 0.4) is 0 Å². The number of hydrogen-bond acceptors (Lipinski definition) is 6. The Morgan fingerprint density at radius 2 is 1.92 bits per heavy atom. The first-order chi connectivity index (χ1) is 11.3. The summed E-state index contributed by atoms with van der Waals surface area (Å²) in [5, 5.41) is 5.83. The van der Waals surface area contributed by atoms with Crippen LogP contribution in [-0.4, -0.2) is 35.9 Å². The van der Waals surface area contributed by atoms with E-state index in [-0.39, 0.29) is 23.2 Å². The zero-order chi connectivity index (χ0) is 17.3. The Kier molecular flexibility index (Phi) is 4.35. The Morgan fingerprint density at radius 3 is 2.58 bits per heavy atom. The summed E-state index contributed by atoms with van der Waals surface area (Å²) in [7, 11) is -3.00. The van der Waals surface area contributed by atoms with Gasteiger partial charge in [0.2, 0.25) is 0 Å². The van der Waals surface area contributed by atoms with Crippen molar-refractivity contribution in [1.82, 2.24) is 9.97 Å². The summed E-state index contributed by atoms with van der Waals surface area (Å²) in [6.45, 7) is 1.67. The van der Waals surface area contributed by atoms with Gasteiger partial charge in [0, 0.05) is 18.2 Å². The van der Waals surface area contributed by atoms with Crippen LogP contribution in [-0.2, 0) is 9.84 Å². The van der Waals surface area contributed by atoms with Crippen molar-refractivity contribution in [2.24, 2.45) is 0 Å². The molecule has 1 aromatic heterocycles. The minimum atomic E-state index is -3.00. The fraction of sp³-hybridized carbons (Fsp3) is 0.333. The smallest absolute Gasteiger partial charge is 0.152 e. The number of hydrogen-bond donors (Lipinski definition) is 2. The van der Waals surface area contributed by atoms with Gasteiger partial charge in [0.25, 0.3) is 0 Å². The van der Waals surface area contributed by atoms with Gasteiger partial charge in [0.1, 0.15) is 29.1 Å². The Morgan fingerprint density at radius 1 is 1.17 bits per heavy atom. The lowest BCUT2D eigenvalue weighted by atomic mass is 10.2. The highest BCUT2D eigenvalue weighted by atomic mass is 32.2. The number of benzene rings is 1. The van der Waals surface area contributed by atoms with Gasteiger partial charge in [-0.15, -0.1) is 0 Å². The van der Waals surface area contributed by atoms with E-state index in [1.54, 1.807) is 13.0 Å². The lowest BCUT2D eigenvalue weighted by Gasteiger charge is -2.14. The van der Waals surface area contributed by atoms with E-state index in [2.05, 4.69) is 20.6 Å². The molecule has 24 heavy (non-hydrogen) atoms. The molecule has 0 spiro atoms. The van der Waals surface area contributed by atoms with E-state index in [1.165, 1.54) is 6.07 Å². The molecule has 128 valence electrons. The van der Waals surface area contributed by atoms with E-state index in [0.29, 0.717) is 23.9 Å². The average molecular weight is 354 g/mol. The SMILES string of the molecule is Cc1nc(Nc2ccc(F)cc2F)cc(NC2CCS(=O)(=O)C2)n1. The predicted octanol–water partition coefficient (Wildman–Crippen LogP) is 2.41.